The second-order valence-electron chi connectivity index (χ2n) is 4.13. The summed E-state index contributed by atoms with van der Waals surface area (Å²) in [6.45, 7) is 4.67. The van der Waals surface area contributed by atoms with Gasteiger partial charge >= 0.3 is 0 Å². The lowest BCUT2D eigenvalue weighted by Crippen LogP contribution is -2.27. The minimum Gasteiger partial charge on any atom is -0.454 e. The van der Waals surface area contributed by atoms with Crippen LogP contribution in [0.4, 0.5) is 5.69 Å². The Kier molecular flexibility index (Phi) is 2.58. The van der Waals surface area contributed by atoms with Crippen molar-refractivity contribution in [1.82, 2.24) is 5.32 Å². The van der Waals surface area contributed by atoms with Gasteiger partial charge in [-0.05, 0) is 25.1 Å². The zero-order valence-electron chi connectivity index (χ0n) is 9.24. The first-order valence-electron chi connectivity index (χ1n) is 5.79. The molecule has 0 saturated carbocycles. The Hall–Kier alpha value is -1.42. The molecule has 0 bridgehead atoms. The number of nitrogens with one attached hydrogen (secondary N) is 1. The number of nitrogens with zero attached hydrogens (tertiary/aromatic N) is 1. The first-order valence-corrected chi connectivity index (χ1v) is 5.79. The number of anilines is 1. The van der Waals surface area contributed by atoms with Crippen LogP contribution in [0.15, 0.2) is 18.2 Å². The molecule has 1 aromatic rings. The summed E-state index contributed by atoms with van der Waals surface area (Å²) in [5.41, 5.74) is 1.23. The number of benzene rings is 1. The molecule has 0 radical (unpaired) electrons. The maximum Gasteiger partial charge on any atom is 0.231 e. The average molecular weight is 220 g/mol. The van der Waals surface area contributed by atoms with Crippen molar-refractivity contribution in [3.8, 4) is 11.5 Å². The van der Waals surface area contributed by atoms with E-state index in [2.05, 4.69) is 22.3 Å². The Labute approximate surface area is 95.1 Å². The van der Waals surface area contributed by atoms with E-state index in [1.165, 1.54) is 12.1 Å². The molecule has 1 saturated heterocycles. The van der Waals surface area contributed by atoms with Crippen molar-refractivity contribution in [2.45, 2.75) is 6.42 Å². The Morgan fingerprint density at radius 2 is 2.00 bits per heavy atom. The fourth-order valence-electron chi connectivity index (χ4n) is 2.19. The summed E-state index contributed by atoms with van der Waals surface area (Å²) in [6, 6.07) is 6.18. The molecule has 0 spiro atoms. The van der Waals surface area contributed by atoms with Crippen LogP contribution in [0.3, 0.4) is 0 Å². The maximum atomic E-state index is 5.40. The van der Waals surface area contributed by atoms with E-state index in [-0.39, 0.29) is 0 Å². The first-order chi connectivity index (χ1) is 7.93. The van der Waals surface area contributed by atoms with Gasteiger partial charge in [-0.1, -0.05) is 0 Å². The molecule has 0 amide bonds. The van der Waals surface area contributed by atoms with Crippen LogP contribution in [0, 0.1) is 0 Å². The summed E-state index contributed by atoms with van der Waals surface area (Å²) in [5, 5.41) is 3.40. The van der Waals surface area contributed by atoms with Crippen molar-refractivity contribution in [2.24, 2.45) is 0 Å². The van der Waals surface area contributed by atoms with Gasteiger partial charge in [-0.2, -0.15) is 0 Å². The van der Waals surface area contributed by atoms with Gasteiger partial charge in [-0.3, -0.25) is 0 Å². The SMILES string of the molecule is c1cc2c(cc1N1CCCNCC1)OCO2. The maximum absolute atomic E-state index is 5.40. The number of rotatable bonds is 1. The van der Waals surface area contributed by atoms with Crippen LogP contribution in [0.2, 0.25) is 0 Å². The minimum absolute atomic E-state index is 0.348. The highest BCUT2D eigenvalue weighted by atomic mass is 16.7. The smallest absolute Gasteiger partial charge is 0.231 e. The number of ether oxygens (including phenoxy) is 2. The summed E-state index contributed by atoms with van der Waals surface area (Å²) in [5.74, 6) is 1.73. The van der Waals surface area contributed by atoms with Gasteiger partial charge < -0.3 is 19.7 Å². The summed E-state index contributed by atoms with van der Waals surface area (Å²) >= 11 is 0. The summed E-state index contributed by atoms with van der Waals surface area (Å²) in [7, 11) is 0. The van der Waals surface area contributed by atoms with Crippen molar-refractivity contribution < 1.29 is 9.47 Å². The standard InChI is InChI=1S/C12H16N2O2/c1-4-13-5-7-14(6-1)10-2-3-11-12(8-10)16-9-15-11/h2-3,8,13H,1,4-7,9H2. The van der Waals surface area contributed by atoms with E-state index >= 15 is 0 Å². The van der Waals surface area contributed by atoms with Crippen LogP contribution in [-0.2, 0) is 0 Å². The lowest BCUT2D eigenvalue weighted by Gasteiger charge is -2.22. The van der Waals surface area contributed by atoms with Gasteiger partial charge in [0.15, 0.2) is 11.5 Å². The van der Waals surface area contributed by atoms with Gasteiger partial charge in [0.05, 0.1) is 0 Å². The van der Waals surface area contributed by atoms with Crippen LogP contribution >= 0.6 is 0 Å². The second kappa shape index (κ2) is 4.22. The van der Waals surface area contributed by atoms with Crippen molar-refractivity contribution in [1.29, 1.82) is 0 Å². The molecule has 4 heteroatoms. The Morgan fingerprint density at radius 1 is 1.06 bits per heavy atom. The number of hydrogen-bond donors (Lipinski definition) is 1. The van der Waals surface area contributed by atoms with Crippen molar-refractivity contribution >= 4 is 5.69 Å². The average Bonchev–Trinajstić information content (AvgIpc) is 2.61. The monoisotopic (exact) mass is 220 g/mol. The van der Waals surface area contributed by atoms with Gasteiger partial charge in [0.2, 0.25) is 6.79 Å². The molecule has 0 aromatic heterocycles. The topological polar surface area (TPSA) is 33.7 Å². The summed E-state index contributed by atoms with van der Waals surface area (Å²) < 4.78 is 10.7. The van der Waals surface area contributed by atoms with E-state index in [1.807, 2.05) is 6.07 Å². The molecule has 1 aromatic carbocycles. The van der Waals surface area contributed by atoms with Crippen molar-refractivity contribution in [3.05, 3.63) is 18.2 Å². The molecule has 3 rings (SSSR count). The summed E-state index contributed by atoms with van der Waals surface area (Å²) in [6.07, 6.45) is 1.19. The van der Waals surface area contributed by atoms with Crippen LogP contribution in [0.25, 0.3) is 0 Å². The van der Waals surface area contributed by atoms with Crippen LogP contribution in [-0.4, -0.2) is 33.0 Å². The zero-order valence-corrected chi connectivity index (χ0v) is 9.24. The molecule has 2 heterocycles. The molecule has 1 fully saturated rings. The second-order valence-corrected chi connectivity index (χ2v) is 4.13. The molecular weight excluding hydrogens is 204 g/mol. The van der Waals surface area contributed by atoms with Crippen molar-refractivity contribution in [3.63, 3.8) is 0 Å². The van der Waals surface area contributed by atoms with E-state index in [0.29, 0.717) is 6.79 Å². The Bertz CT molecular complexity index is 373. The predicted molar refractivity (Wildman–Crippen MR) is 62.3 cm³/mol. The molecule has 0 atom stereocenters. The number of hydrogen-bond acceptors (Lipinski definition) is 4. The molecule has 1 N–H and O–H groups in total. The lowest BCUT2D eigenvalue weighted by atomic mass is 10.2. The molecule has 4 nitrogen and oxygen atoms in total. The molecule has 86 valence electrons. The Balaban J connectivity index is 1.82. The highest BCUT2D eigenvalue weighted by molar-refractivity contribution is 5.57. The minimum atomic E-state index is 0.348. The predicted octanol–water partition coefficient (Wildman–Crippen LogP) is 1.22. The highest BCUT2D eigenvalue weighted by Crippen LogP contribution is 2.35. The van der Waals surface area contributed by atoms with Crippen molar-refractivity contribution in [2.75, 3.05) is 37.9 Å². The normalized spacial score (nSPS) is 19.6. The number of fused-ring (bicyclic) bond motifs is 1. The molecule has 2 aliphatic rings. The largest absolute Gasteiger partial charge is 0.454 e. The van der Waals surface area contributed by atoms with E-state index < -0.39 is 0 Å². The van der Waals surface area contributed by atoms with E-state index in [1.54, 1.807) is 0 Å². The fraction of sp³-hybridized carbons (Fsp3) is 0.500. The fourth-order valence-corrected chi connectivity index (χ4v) is 2.19. The quantitative estimate of drug-likeness (QED) is 0.771. The summed E-state index contributed by atoms with van der Waals surface area (Å²) in [4.78, 5) is 2.39. The van der Waals surface area contributed by atoms with Crippen LogP contribution in [0.1, 0.15) is 6.42 Å². The van der Waals surface area contributed by atoms with Crippen LogP contribution < -0.4 is 19.7 Å². The lowest BCUT2D eigenvalue weighted by molar-refractivity contribution is 0.174. The zero-order chi connectivity index (χ0) is 10.8. The highest BCUT2D eigenvalue weighted by Gasteiger charge is 2.16. The molecule has 0 unspecified atom stereocenters. The molecular formula is C12H16N2O2. The van der Waals surface area contributed by atoms with Gasteiger partial charge in [-0.15, -0.1) is 0 Å². The third kappa shape index (κ3) is 1.80. The Morgan fingerprint density at radius 3 is 3.00 bits per heavy atom. The first kappa shape index (κ1) is 9.78. The van der Waals surface area contributed by atoms with E-state index in [4.69, 9.17) is 9.47 Å². The van der Waals surface area contributed by atoms with Gasteiger partial charge in [-0.25, -0.2) is 0 Å². The van der Waals surface area contributed by atoms with Gasteiger partial charge in [0.1, 0.15) is 0 Å². The van der Waals surface area contributed by atoms with E-state index in [0.717, 1.165) is 37.7 Å². The third-order valence-electron chi connectivity index (χ3n) is 3.06. The molecule has 2 aliphatic heterocycles. The van der Waals surface area contributed by atoms with Gasteiger partial charge in [0.25, 0.3) is 0 Å². The molecule has 16 heavy (non-hydrogen) atoms. The van der Waals surface area contributed by atoms with Gasteiger partial charge in [0, 0.05) is 31.4 Å². The van der Waals surface area contributed by atoms with Crippen LogP contribution in [0.5, 0.6) is 11.5 Å². The third-order valence-corrected chi connectivity index (χ3v) is 3.06. The van der Waals surface area contributed by atoms with E-state index in [9.17, 15) is 0 Å². The molecule has 0 aliphatic carbocycles.